The number of nitrogens with zero attached hydrogens (tertiary/aromatic N) is 1. The van der Waals surface area contributed by atoms with Crippen LogP contribution in [0.1, 0.15) is 5.56 Å². The Morgan fingerprint density at radius 2 is 2.20 bits per heavy atom. The molecule has 15 heavy (non-hydrogen) atoms. The molecule has 0 amide bonds. The van der Waals surface area contributed by atoms with E-state index in [1.165, 1.54) is 12.1 Å². The van der Waals surface area contributed by atoms with Gasteiger partial charge in [0.05, 0.1) is 7.11 Å². The van der Waals surface area contributed by atoms with Crippen molar-refractivity contribution in [1.29, 1.82) is 0 Å². The zero-order valence-electron chi connectivity index (χ0n) is 9.16. The van der Waals surface area contributed by atoms with Gasteiger partial charge in [0.15, 0.2) is 0 Å². The summed E-state index contributed by atoms with van der Waals surface area (Å²) in [5.74, 6) is 0.465. The molecule has 4 heteroatoms. The van der Waals surface area contributed by atoms with E-state index in [-0.39, 0.29) is 5.82 Å². The molecule has 0 aromatic heterocycles. The molecule has 0 atom stereocenters. The van der Waals surface area contributed by atoms with Crippen molar-refractivity contribution < 1.29 is 9.13 Å². The van der Waals surface area contributed by atoms with Crippen molar-refractivity contribution in [3.8, 4) is 5.75 Å². The van der Waals surface area contributed by atoms with Gasteiger partial charge in [-0.1, -0.05) is 0 Å². The van der Waals surface area contributed by atoms with E-state index in [1.807, 2.05) is 11.9 Å². The molecule has 0 unspecified atom stereocenters. The Bertz CT molecular complexity index is 317. The lowest BCUT2D eigenvalue weighted by molar-refractivity contribution is 0.324. The van der Waals surface area contributed by atoms with Crippen molar-refractivity contribution in [2.24, 2.45) is 5.73 Å². The summed E-state index contributed by atoms with van der Waals surface area (Å²) in [6, 6.07) is 4.53. The molecule has 0 bridgehead atoms. The molecule has 0 fully saturated rings. The van der Waals surface area contributed by atoms with Crippen LogP contribution in [0.25, 0.3) is 0 Å². The Hall–Kier alpha value is -1.13. The van der Waals surface area contributed by atoms with Gasteiger partial charge in [0.1, 0.15) is 11.6 Å². The Morgan fingerprint density at radius 3 is 2.80 bits per heavy atom. The minimum atomic E-state index is -0.244. The monoisotopic (exact) mass is 212 g/mol. The second-order valence-corrected chi connectivity index (χ2v) is 3.48. The van der Waals surface area contributed by atoms with E-state index in [4.69, 9.17) is 10.5 Å². The quantitative estimate of drug-likeness (QED) is 0.797. The van der Waals surface area contributed by atoms with Crippen molar-refractivity contribution in [2.45, 2.75) is 6.54 Å². The number of rotatable bonds is 5. The van der Waals surface area contributed by atoms with Crippen LogP contribution in [0, 0.1) is 5.82 Å². The van der Waals surface area contributed by atoms with Crippen LogP contribution in [0.5, 0.6) is 5.75 Å². The number of likely N-dealkylation sites (N-methyl/N-ethyl adjacent to an activating group) is 1. The third-order valence-electron chi connectivity index (χ3n) is 2.19. The fraction of sp³-hybridized carbons (Fsp3) is 0.455. The predicted octanol–water partition coefficient (Wildman–Crippen LogP) is 1.22. The second kappa shape index (κ2) is 5.68. The van der Waals surface area contributed by atoms with Crippen molar-refractivity contribution in [1.82, 2.24) is 4.90 Å². The fourth-order valence-corrected chi connectivity index (χ4v) is 1.46. The number of benzene rings is 1. The predicted molar refractivity (Wildman–Crippen MR) is 58.3 cm³/mol. The third-order valence-corrected chi connectivity index (χ3v) is 2.19. The standard InChI is InChI=1S/C11H17FN2O/c1-14(6-5-13)8-9-7-10(12)3-4-11(9)15-2/h3-4,7H,5-6,8,13H2,1-2H3. The molecule has 1 rings (SSSR count). The molecule has 84 valence electrons. The van der Waals surface area contributed by atoms with Crippen LogP contribution in [0.4, 0.5) is 4.39 Å². The average molecular weight is 212 g/mol. The lowest BCUT2D eigenvalue weighted by atomic mass is 10.2. The maximum Gasteiger partial charge on any atom is 0.123 e. The Morgan fingerprint density at radius 1 is 1.47 bits per heavy atom. The van der Waals surface area contributed by atoms with Gasteiger partial charge in [-0.05, 0) is 25.2 Å². The van der Waals surface area contributed by atoms with Crippen LogP contribution in [0.2, 0.25) is 0 Å². The molecule has 0 aliphatic heterocycles. The van der Waals surface area contributed by atoms with Gasteiger partial charge in [-0.15, -0.1) is 0 Å². The summed E-state index contributed by atoms with van der Waals surface area (Å²) in [5, 5.41) is 0. The van der Waals surface area contributed by atoms with Crippen LogP contribution in [-0.4, -0.2) is 32.1 Å². The minimum Gasteiger partial charge on any atom is -0.496 e. The summed E-state index contributed by atoms with van der Waals surface area (Å²) >= 11 is 0. The molecule has 2 N–H and O–H groups in total. The maximum absolute atomic E-state index is 13.0. The van der Waals surface area contributed by atoms with Gasteiger partial charge >= 0.3 is 0 Å². The fourth-order valence-electron chi connectivity index (χ4n) is 1.46. The van der Waals surface area contributed by atoms with Crippen LogP contribution in [0.3, 0.4) is 0 Å². The number of ether oxygens (including phenoxy) is 1. The zero-order chi connectivity index (χ0) is 11.3. The molecule has 1 aromatic rings. The third kappa shape index (κ3) is 3.49. The Labute approximate surface area is 89.6 Å². The second-order valence-electron chi connectivity index (χ2n) is 3.48. The van der Waals surface area contributed by atoms with Crippen LogP contribution < -0.4 is 10.5 Å². The van der Waals surface area contributed by atoms with Gasteiger partial charge in [-0.3, -0.25) is 0 Å². The molecule has 1 aromatic carbocycles. The van der Waals surface area contributed by atoms with E-state index in [2.05, 4.69) is 0 Å². The number of nitrogens with two attached hydrogens (primary N) is 1. The van der Waals surface area contributed by atoms with Gasteiger partial charge in [0.25, 0.3) is 0 Å². The highest BCUT2D eigenvalue weighted by Crippen LogP contribution is 2.20. The SMILES string of the molecule is COc1ccc(F)cc1CN(C)CCN. The van der Waals surface area contributed by atoms with Gasteiger partial charge < -0.3 is 15.4 Å². The zero-order valence-corrected chi connectivity index (χ0v) is 9.16. The molecule has 0 saturated heterocycles. The molecule has 0 radical (unpaired) electrons. The van der Waals surface area contributed by atoms with Crippen LogP contribution in [0.15, 0.2) is 18.2 Å². The first-order chi connectivity index (χ1) is 7.17. The number of hydrogen-bond acceptors (Lipinski definition) is 3. The van der Waals surface area contributed by atoms with E-state index < -0.39 is 0 Å². The van der Waals surface area contributed by atoms with Gasteiger partial charge in [-0.2, -0.15) is 0 Å². The summed E-state index contributed by atoms with van der Waals surface area (Å²) < 4.78 is 18.2. The van der Waals surface area contributed by atoms with E-state index >= 15 is 0 Å². The van der Waals surface area contributed by atoms with E-state index in [9.17, 15) is 4.39 Å². The maximum atomic E-state index is 13.0. The lowest BCUT2D eigenvalue weighted by Crippen LogP contribution is -2.25. The molecule has 0 aliphatic carbocycles. The summed E-state index contributed by atoms with van der Waals surface area (Å²) in [7, 11) is 3.52. The minimum absolute atomic E-state index is 0.244. The molecule has 3 nitrogen and oxygen atoms in total. The molecule has 0 saturated carbocycles. The summed E-state index contributed by atoms with van der Waals surface area (Å²) in [5.41, 5.74) is 6.28. The first-order valence-electron chi connectivity index (χ1n) is 4.88. The molecular formula is C11H17FN2O. The topological polar surface area (TPSA) is 38.5 Å². The molecule has 0 spiro atoms. The van der Waals surface area contributed by atoms with Crippen molar-refractivity contribution in [3.05, 3.63) is 29.6 Å². The van der Waals surface area contributed by atoms with Gasteiger partial charge in [0.2, 0.25) is 0 Å². The summed E-state index contributed by atoms with van der Waals surface area (Å²) in [6.45, 7) is 2.01. The van der Waals surface area contributed by atoms with Crippen LogP contribution >= 0.6 is 0 Å². The highest BCUT2D eigenvalue weighted by atomic mass is 19.1. The van der Waals surface area contributed by atoms with Crippen molar-refractivity contribution >= 4 is 0 Å². The lowest BCUT2D eigenvalue weighted by Gasteiger charge is -2.17. The van der Waals surface area contributed by atoms with Gasteiger partial charge in [-0.25, -0.2) is 4.39 Å². The molecule has 0 aliphatic rings. The first kappa shape index (κ1) is 11.9. The van der Waals surface area contributed by atoms with Crippen LogP contribution in [-0.2, 0) is 6.54 Å². The number of halogens is 1. The average Bonchev–Trinajstić information content (AvgIpc) is 2.18. The molecular weight excluding hydrogens is 195 g/mol. The smallest absolute Gasteiger partial charge is 0.123 e. The Balaban J connectivity index is 2.77. The van der Waals surface area contributed by atoms with E-state index in [0.29, 0.717) is 18.8 Å². The highest BCUT2D eigenvalue weighted by molar-refractivity contribution is 5.33. The summed E-state index contributed by atoms with van der Waals surface area (Å²) in [4.78, 5) is 2.03. The van der Waals surface area contributed by atoms with E-state index in [0.717, 1.165) is 12.1 Å². The van der Waals surface area contributed by atoms with E-state index in [1.54, 1.807) is 13.2 Å². The summed E-state index contributed by atoms with van der Waals surface area (Å²) in [6.07, 6.45) is 0. The largest absolute Gasteiger partial charge is 0.496 e. The first-order valence-corrected chi connectivity index (χ1v) is 4.88. The number of hydrogen-bond donors (Lipinski definition) is 1. The van der Waals surface area contributed by atoms with Gasteiger partial charge in [0, 0.05) is 25.2 Å². The number of methoxy groups -OCH3 is 1. The normalized spacial score (nSPS) is 10.7. The highest BCUT2D eigenvalue weighted by Gasteiger charge is 2.06. The van der Waals surface area contributed by atoms with Crippen molar-refractivity contribution in [3.63, 3.8) is 0 Å². The Kier molecular flexibility index (Phi) is 4.52. The molecule has 0 heterocycles. The van der Waals surface area contributed by atoms with Crippen molar-refractivity contribution in [2.75, 3.05) is 27.2 Å².